The largest absolute Gasteiger partial charge is 0.342 e. The van der Waals surface area contributed by atoms with Crippen LogP contribution in [-0.2, 0) is 14.3 Å². The van der Waals surface area contributed by atoms with Crippen LogP contribution in [-0.4, -0.2) is 17.5 Å². The third-order valence-corrected chi connectivity index (χ3v) is 5.86. The molecule has 0 aromatic heterocycles. The summed E-state index contributed by atoms with van der Waals surface area (Å²) in [7, 11) is 0. The molecule has 1 aromatic carbocycles. The lowest BCUT2D eigenvalue weighted by atomic mass is 9.84. The van der Waals surface area contributed by atoms with Crippen molar-refractivity contribution in [3.05, 3.63) is 47.0 Å². The highest BCUT2D eigenvalue weighted by molar-refractivity contribution is 6.00. The van der Waals surface area contributed by atoms with E-state index in [0.717, 1.165) is 36.8 Å². The van der Waals surface area contributed by atoms with Gasteiger partial charge in [0.2, 0.25) is 0 Å². The molecule has 1 heterocycles. The van der Waals surface area contributed by atoms with Gasteiger partial charge in [0.05, 0.1) is 6.10 Å². The second-order valence-electron chi connectivity index (χ2n) is 7.49. The predicted molar refractivity (Wildman–Crippen MR) is 104 cm³/mol. The molecule has 0 bridgehead atoms. The minimum Gasteiger partial charge on any atom is -0.342 e. The van der Waals surface area contributed by atoms with Crippen molar-refractivity contribution in [1.29, 1.82) is 0 Å². The summed E-state index contributed by atoms with van der Waals surface area (Å²) in [5.74, 6) is 0.250. The van der Waals surface area contributed by atoms with Crippen LogP contribution >= 0.6 is 0 Å². The van der Waals surface area contributed by atoms with Crippen LogP contribution in [0.15, 0.2) is 41.5 Å². The average molecular weight is 357 g/mol. The van der Waals surface area contributed by atoms with Crippen LogP contribution in [0.2, 0.25) is 0 Å². The van der Waals surface area contributed by atoms with Gasteiger partial charge in [-0.3, -0.25) is 4.79 Å². The lowest BCUT2D eigenvalue weighted by Crippen LogP contribution is -2.40. The number of allylic oxidation sites excluding steroid dienone is 1. The van der Waals surface area contributed by atoms with E-state index in [9.17, 15) is 4.79 Å². The molecule has 1 aromatic rings. The average Bonchev–Trinajstić information content (AvgIpc) is 3.16. The number of rotatable bonds is 8. The fourth-order valence-electron chi connectivity index (χ4n) is 4.59. The summed E-state index contributed by atoms with van der Waals surface area (Å²) in [4.78, 5) is 12.7. The van der Waals surface area contributed by atoms with Gasteiger partial charge in [-0.05, 0) is 30.4 Å². The van der Waals surface area contributed by atoms with Crippen LogP contribution in [0.5, 0.6) is 0 Å². The Balaban J connectivity index is 1.89. The second-order valence-corrected chi connectivity index (χ2v) is 7.49. The molecule has 3 rings (SSSR count). The van der Waals surface area contributed by atoms with E-state index in [-0.39, 0.29) is 18.2 Å². The van der Waals surface area contributed by atoms with E-state index in [0.29, 0.717) is 6.42 Å². The molecule has 0 amide bonds. The molecule has 0 unspecified atom stereocenters. The maximum atomic E-state index is 12.7. The van der Waals surface area contributed by atoms with E-state index < -0.39 is 5.60 Å². The zero-order valence-corrected chi connectivity index (χ0v) is 16.4. The number of carbonyl (C=O) groups excluding carboxylic acids is 1. The van der Waals surface area contributed by atoms with Crippen molar-refractivity contribution in [1.82, 2.24) is 0 Å². The van der Waals surface area contributed by atoms with Crippen molar-refractivity contribution >= 4 is 5.78 Å². The molecule has 142 valence electrons. The van der Waals surface area contributed by atoms with Gasteiger partial charge in [0, 0.05) is 12.0 Å². The van der Waals surface area contributed by atoms with Gasteiger partial charge in [-0.25, -0.2) is 0 Å². The minimum absolute atomic E-state index is 0.0347. The van der Waals surface area contributed by atoms with Crippen LogP contribution in [0.4, 0.5) is 0 Å². The standard InChI is InChI=1S/C23H32O3/c1-4-7-8-12-15-21-23(16-20(24)18(5-2)19(23)6-3)26-22(25-21)17-13-10-9-11-14-17/h9-11,13-14,21-22H,4-8,12,15-16H2,1-3H3/t21-,22-,23+/m0/s1. The molecule has 1 saturated heterocycles. The number of carbonyl (C=O) groups is 1. The maximum absolute atomic E-state index is 12.7. The molecule has 0 radical (unpaired) electrons. The number of benzene rings is 1. The normalized spacial score (nSPS) is 28.5. The van der Waals surface area contributed by atoms with Crippen molar-refractivity contribution < 1.29 is 14.3 Å². The summed E-state index contributed by atoms with van der Waals surface area (Å²) in [6.07, 6.45) is 7.43. The summed E-state index contributed by atoms with van der Waals surface area (Å²) < 4.78 is 13.0. The molecule has 2 aliphatic rings. The highest BCUT2D eigenvalue weighted by Crippen LogP contribution is 2.52. The molecule has 0 N–H and O–H groups in total. The van der Waals surface area contributed by atoms with Gasteiger partial charge in [-0.1, -0.05) is 76.8 Å². The van der Waals surface area contributed by atoms with Gasteiger partial charge in [0.15, 0.2) is 12.1 Å². The van der Waals surface area contributed by atoms with Crippen molar-refractivity contribution in [2.75, 3.05) is 0 Å². The zero-order chi connectivity index (χ0) is 18.6. The topological polar surface area (TPSA) is 35.5 Å². The zero-order valence-electron chi connectivity index (χ0n) is 16.4. The Hall–Kier alpha value is -1.45. The Bertz CT molecular complexity index is 649. The van der Waals surface area contributed by atoms with E-state index in [2.05, 4.69) is 20.8 Å². The van der Waals surface area contributed by atoms with Crippen LogP contribution < -0.4 is 0 Å². The van der Waals surface area contributed by atoms with Gasteiger partial charge < -0.3 is 9.47 Å². The van der Waals surface area contributed by atoms with Crippen LogP contribution in [0, 0.1) is 0 Å². The minimum atomic E-state index is -0.552. The SMILES string of the molecule is CCCCCC[C@@H]1O[C@H](c2ccccc2)O[C@@]12CC(=O)C(CC)=C2CC. The van der Waals surface area contributed by atoms with Crippen molar-refractivity contribution in [3.63, 3.8) is 0 Å². The molecular formula is C23H32O3. The first-order valence-corrected chi connectivity index (χ1v) is 10.3. The van der Waals surface area contributed by atoms with Gasteiger partial charge in [0.1, 0.15) is 5.60 Å². The molecule has 3 heteroatoms. The quantitative estimate of drug-likeness (QED) is 0.544. The first-order chi connectivity index (χ1) is 12.7. The lowest BCUT2D eigenvalue weighted by molar-refractivity contribution is -0.120. The van der Waals surface area contributed by atoms with Gasteiger partial charge in [-0.15, -0.1) is 0 Å². The van der Waals surface area contributed by atoms with Gasteiger partial charge in [-0.2, -0.15) is 0 Å². The van der Waals surface area contributed by atoms with E-state index in [4.69, 9.17) is 9.47 Å². The number of hydrogen-bond donors (Lipinski definition) is 0. The second kappa shape index (κ2) is 8.49. The summed E-state index contributed by atoms with van der Waals surface area (Å²) in [6.45, 7) is 6.44. The first-order valence-electron chi connectivity index (χ1n) is 10.3. The molecule has 0 saturated carbocycles. The summed E-state index contributed by atoms with van der Waals surface area (Å²) >= 11 is 0. The highest BCUT2D eigenvalue weighted by Gasteiger charge is 2.56. The van der Waals surface area contributed by atoms with Crippen LogP contribution in [0.3, 0.4) is 0 Å². The molecule has 1 fully saturated rings. The molecule has 1 aliphatic carbocycles. The maximum Gasteiger partial charge on any atom is 0.185 e. The molecule has 3 nitrogen and oxygen atoms in total. The van der Waals surface area contributed by atoms with Crippen molar-refractivity contribution in [2.24, 2.45) is 0 Å². The van der Waals surface area contributed by atoms with Crippen LogP contribution in [0.25, 0.3) is 0 Å². The summed E-state index contributed by atoms with van der Waals surface area (Å²) in [6, 6.07) is 10.1. The Kier molecular flexibility index (Phi) is 6.31. The Morgan fingerprint density at radius 3 is 2.46 bits per heavy atom. The Morgan fingerprint density at radius 2 is 1.81 bits per heavy atom. The highest BCUT2D eigenvalue weighted by atomic mass is 16.7. The first kappa shape index (κ1) is 19.3. The predicted octanol–water partition coefficient (Wildman–Crippen LogP) is 5.90. The van der Waals surface area contributed by atoms with E-state index >= 15 is 0 Å². The summed E-state index contributed by atoms with van der Waals surface area (Å²) in [5, 5.41) is 0. The third-order valence-electron chi connectivity index (χ3n) is 5.86. The van der Waals surface area contributed by atoms with Crippen LogP contribution in [0.1, 0.15) is 84.0 Å². The number of ketones is 1. The lowest BCUT2D eigenvalue weighted by Gasteiger charge is -2.31. The fourth-order valence-corrected chi connectivity index (χ4v) is 4.59. The molecule has 1 spiro atoms. The smallest absolute Gasteiger partial charge is 0.185 e. The van der Waals surface area contributed by atoms with E-state index in [1.165, 1.54) is 24.8 Å². The van der Waals surface area contributed by atoms with E-state index in [1.54, 1.807) is 0 Å². The summed E-state index contributed by atoms with van der Waals surface area (Å²) in [5.41, 5.74) is 2.65. The molecule has 26 heavy (non-hydrogen) atoms. The number of hydrogen-bond acceptors (Lipinski definition) is 3. The van der Waals surface area contributed by atoms with Gasteiger partial charge in [0.25, 0.3) is 0 Å². The molecular weight excluding hydrogens is 324 g/mol. The molecule has 3 atom stereocenters. The number of unbranched alkanes of at least 4 members (excludes halogenated alkanes) is 3. The Labute approximate surface area is 157 Å². The van der Waals surface area contributed by atoms with Crippen molar-refractivity contribution in [3.8, 4) is 0 Å². The van der Waals surface area contributed by atoms with Crippen molar-refractivity contribution in [2.45, 2.75) is 90.1 Å². The molecule has 1 aliphatic heterocycles. The number of Topliss-reactive ketones (excluding diaryl/α,β-unsaturated/α-hetero) is 1. The Morgan fingerprint density at radius 1 is 1.04 bits per heavy atom. The monoisotopic (exact) mass is 356 g/mol. The fraction of sp³-hybridized carbons (Fsp3) is 0.609. The van der Waals surface area contributed by atoms with E-state index in [1.807, 2.05) is 30.3 Å². The van der Waals surface area contributed by atoms with Gasteiger partial charge >= 0.3 is 0 Å². The number of ether oxygens (including phenoxy) is 2. The third kappa shape index (κ3) is 3.52.